The van der Waals surface area contributed by atoms with Gasteiger partial charge in [0.2, 0.25) is 0 Å². The minimum atomic E-state index is -0.459. The Bertz CT molecular complexity index is 808. The van der Waals surface area contributed by atoms with Crippen LogP contribution in [0.4, 0.5) is 5.69 Å². The van der Waals surface area contributed by atoms with Crippen LogP contribution in [0.15, 0.2) is 59.1 Å². The molecule has 23 heavy (non-hydrogen) atoms. The van der Waals surface area contributed by atoms with Gasteiger partial charge in [-0.1, -0.05) is 47.6 Å². The third kappa shape index (κ3) is 2.94. The van der Waals surface area contributed by atoms with E-state index in [1.807, 2.05) is 30.3 Å². The zero-order chi connectivity index (χ0) is 16.2. The molecule has 0 bridgehead atoms. The first-order chi connectivity index (χ1) is 11.2. The van der Waals surface area contributed by atoms with Crippen LogP contribution in [0.2, 0.25) is 0 Å². The van der Waals surface area contributed by atoms with Gasteiger partial charge in [0.05, 0.1) is 6.61 Å². The summed E-state index contributed by atoms with van der Waals surface area (Å²) < 4.78 is 10.6. The summed E-state index contributed by atoms with van der Waals surface area (Å²) in [7, 11) is 0. The smallest absolute Gasteiger partial charge is 0.344 e. The number of nitrogens with two attached hydrogens (primary N) is 1. The number of nitrogen functional groups attached to an aromatic ring is 1. The highest BCUT2D eigenvalue weighted by Crippen LogP contribution is 2.33. The van der Waals surface area contributed by atoms with Crippen molar-refractivity contribution in [2.24, 2.45) is 0 Å². The molecule has 0 spiro atoms. The van der Waals surface area contributed by atoms with Gasteiger partial charge in [-0.05, 0) is 19.1 Å². The molecule has 0 fully saturated rings. The number of esters is 1. The molecule has 0 aliphatic heterocycles. The number of nitrogens with zero attached hydrogens (tertiary/aromatic N) is 1. The number of aromatic nitrogens is 1. The topological polar surface area (TPSA) is 78.4 Å². The van der Waals surface area contributed by atoms with Crippen molar-refractivity contribution in [3.63, 3.8) is 0 Å². The number of carbonyl (C=O) groups excluding carboxylic acids is 1. The Balaban J connectivity index is 2.15. The van der Waals surface area contributed by atoms with Gasteiger partial charge in [-0.25, -0.2) is 4.79 Å². The van der Waals surface area contributed by atoms with Crippen LogP contribution in [-0.2, 0) is 4.74 Å². The van der Waals surface area contributed by atoms with Crippen LogP contribution < -0.4 is 5.73 Å². The van der Waals surface area contributed by atoms with E-state index < -0.39 is 5.97 Å². The molecule has 5 heteroatoms. The first kappa shape index (κ1) is 14.8. The summed E-state index contributed by atoms with van der Waals surface area (Å²) in [6.07, 6.45) is 0. The maximum absolute atomic E-state index is 12.4. The summed E-state index contributed by atoms with van der Waals surface area (Å²) in [4.78, 5) is 12.4. The van der Waals surface area contributed by atoms with Gasteiger partial charge in [0.1, 0.15) is 11.3 Å². The van der Waals surface area contributed by atoms with Gasteiger partial charge in [0.25, 0.3) is 0 Å². The summed E-state index contributed by atoms with van der Waals surface area (Å²) in [5.74, 6) is -0.0599. The Morgan fingerprint density at radius 2 is 1.78 bits per heavy atom. The molecule has 2 N–H and O–H groups in total. The van der Waals surface area contributed by atoms with Crippen LogP contribution in [0, 0.1) is 0 Å². The largest absolute Gasteiger partial charge is 0.462 e. The maximum Gasteiger partial charge on any atom is 0.344 e. The molecule has 0 atom stereocenters. The monoisotopic (exact) mass is 308 g/mol. The fourth-order valence-corrected chi connectivity index (χ4v) is 2.31. The van der Waals surface area contributed by atoms with E-state index in [2.05, 4.69) is 5.16 Å². The molecule has 2 aromatic carbocycles. The van der Waals surface area contributed by atoms with Crippen molar-refractivity contribution in [2.45, 2.75) is 6.92 Å². The van der Waals surface area contributed by atoms with Gasteiger partial charge >= 0.3 is 5.97 Å². The van der Waals surface area contributed by atoms with Gasteiger partial charge in [0, 0.05) is 16.8 Å². The summed E-state index contributed by atoms with van der Waals surface area (Å²) in [6, 6.07) is 16.4. The van der Waals surface area contributed by atoms with E-state index in [4.69, 9.17) is 15.0 Å². The number of carbonyl (C=O) groups is 1. The molecule has 0 aliphatic carbocycles. The van der Waals surface area contributed by atoms with Gasteiger partial charge < -0.3 is 15.0 Å². The van der Waals surface area contributed by atoms with Crippen molar-refractivity contribution in [3.8, 4) is 22.6 Å². The highest BCUT2D eigenvalue weighted by Gasteiger charge is 2.26. The lowest BCUT2D eigenvalue weighted by atomic mass is 10.0. The third-order valence-corrected chi connectivity index (χ3v) is 3.39. The minimum absolute atomic E-state index is 0.277. The number of anilines is 1. The second-order valence-electron chi connectivity index (χ2n) is 4.94. The average molecular weight is 308 g/mol. The van der Waals surface area contributed by atoms with E-state index in [9.17, 15) is 4.79 Å². The molecule has 1 heterocycles. The van der Waals surface area contributed by atoms with Crippen LogP contribution in [0.25, 0.3) is 22.6 Å². The molecule has 0 unspecified atom stereocenters. The molecule has 0 aliphatic rings. The van der Waals surface area contributed by atoms with Crippen molar-refractivity contribution >= 4 is 11.7 Å². The molecule has 0 saturated heterocycles. The SMILES string of the molecule is CCOC(=O)c1c(-c2ccc(N)cc2)noc1-c1ccccc1. The van der Waals surface area contributed by atoms with E-state index in [0.717, 1.165) is 11.1 Å². The van der Waals surface area contributed by atoms with Crippen molar-refractivity contribution in [3.05, 3.63) is 60.2 Å². The highest BCUT2D eigenvalue weighted by atomic mass is 16.5. The number of rotatable bonds is 4. The Hall–Kier alpha value is -3.08. The Morgan fingerprint density at radius 3 is 2.43 bits per heavy atom. The molecule has 3 rings (SSSR count). The van der Waals surface area contributed by atoms with Crippen molar-refractivity contribution in [1.29, 1.82) is 0 Å². The van der Waals surface area contributed by atoms with E-state index in [1.54, 1.807) is 31.2 Å². The standard InChI is InChI=1S/C18H16N2O3/c1-2-22-18(21)15-16(12-8-10-14(19)11-9-12)20-23-17(15)13-6-4-3-5-7-13/h3-11H,2,19H2,1H3. The van der Waals surface area contributed by atoms with Gasteiger partial charge in [-0.2, -0.15) is 0 Å². The average Bonchev–Trinajstić information content (AvgIpc) is 3.01. The predicted octanol–water partition coefficient (Wildman–Crippen LogP) is 3.77. The second kappa shape index (κ2) is 6.36. The fourth-order valence-electron chi connectivity index (χ4n) is 2.31. The lowest BCUT2D eigenvalue weighted by Gasteiger charge is -2.04. The zero-order valence-corrected chi connectivity index (χ0v) is 12.7. The first-order valence-electron chi connectivity index (χ1n) is 7.29. The molecular formula is C18H16N2O3. The van der Waals surface area contributed by atoms with Crippen molar-refractivity contribution in [1.82, 2.24) is 5.16 Å². The van der Waals surface area contributed by atoms with Gasteiger partial charge in [-0.15, -0.1) is 0 Å². The lowest BCUT2D eigenvalue weighted by molar-refractivity contribution is 0.0527. The Labute approximate surface area is 133 Å². The van der Waals surface area contributed by atoms with Crippen LogP contribution in [0.3, 0.4) is 0 Å². The predicted molar refractivity (Wildman–Crippen MR) is 87.7 cm³/mol. The summed E-state index contributed by atoms with van der Waals surface area (Å²) in [5, 5.41) is 4.08. The second-order valence-corrected chi connectivity index (χ2v) is 4.94. The summed E-state index contributed by atoms with van der Waals surface area (Å²) in [6.45, 7) is 2.04. The molecule has 5 nitrogen and oxygen atoms in total. The zero-order valence-electron chi connectivity index (χ0n) is 12.7. The Kier molecular flexibility index (Phi) is 4.10. The quantitative estimate of drug-likeness (QED) is 0.586. The van der Waals surface area contributed by atoms with Gasteiger partial charge in [0.15, 0.2) is 5.76 Å². The van der Waals surface area contributed by atoms with Crippen molar-refractivity contribution < 1.29 is 14.1 Å². The molecule has 116 valence electrons. The molecule has 3 aromatic rings. The van der Waals surface area contributed by atoms with E-state index in [1.165, 1.54) is 0 Å². The van der Waals surface area contributed by atoms with Crippen molar-refractivity contribution in [2.75, 3.05) is 12.3 Å². The first-order valence-corrected chi connectivity index (χ1v) is 7.29. The van der Waals surface area contributed by atoms with Crippen LogP contribution in [-0.4, -0.2) is 17.7 Å². The Morgan fingerprint density at radius 1 is 1.09 bits per heavy atom. The summed E-state index contributed by atoms with van der Waals surface area (Å²) in [5.41, 5.74) is 8.63. The molecule has 0 radical (unpaired) electrons. The number of benzene rings is 2. The van der Waals surface area contributed by atoms with E-state index in [0.29, 0.717) is 22.7 Å². The molecular weight excluding hydrogens is 292 g/mol. The number of ether oxygens (including phenoxy) is 1. The molecule has 1 aromatic heterocycles. The normalized spacial score (nSPS) is 10.5. The maximum atomic E-state index is 12.4. The van der Waals surface area contributed by atoms with E-state index >= 15 is 0 Å². The number of hydrogen-bond donors (Lipinski definition) is 1. The fraction of sp³-hybridized carbons (Fsp3) is 0.111. The highest BCUT2D eigenvalue weighted by molar-refractivity contribution is 6.01. The van der Waals surface area contributed by atoms with Gasteiger partial charge in [-0.3, -0.25) is 0 Å². The summed E-state index contributed by atoms with van der Waals surface area (Å²) >= 11 is 0. The third-order valence-electron chi connectivity index (χ3n) is 3.39. The van der Waals surface area contributed by atoms with Crippen LogP contribution in [0.1, 0.15) is 17.3 Å². The van der Waals surface area contributed by atoms with Crippen LogP contribution in [0.5, 0.6) is 0 Å². The lowest BCUT2D eigenvalue weighted by Crippen LogP contribution is -2.06. The molecule has 0 amide bonds. The number of hydrogen-bond acceptors (Lipinski definition) is 5. The van der Waals surface area contributed by atoms with Crippen LogP contribution >= 0.6 is 0 Å². The van der Waals surface area contributed by atoms with E-state index in [-0.39, 0.29) is 6.61 Å². The molecule has 0 saturated carbocycles. The minimum Gasteiger partial charge on any atom is -0.462 e.